The number of thiophene rings is 1. The first-order valence-electron chi connectivity index (χ1n) is 8.28. The van der Waals surface area contributed by atoms with Crippen molar-refractivity contribution < 1.29 is 14.6 Å². The number of methoxy groups -OCH3 is 1. The lowest BCUT2D eigenvalue weighted by molar-refractivity contribution is 0.103. The number of benzene rings is 2. The normalized spacial score (nSPS) is 10.7. The van der Waals surface area contributed by atoms with E-state index in [1.54, 1.807) is 31.5 Å². The van der Waals surface area contributed by atoms with Gasteiger partial charge in [-0.1, -0.05) is 18.2 Å². The Kier molecular flexibility index (Phi) is 4.48. The largest absolute Gasteiger partial charge is 0.508 e. The summed E-state index contributed by atoms with van der Waals surface area (Å²) in [5.41, 5.74) is 2.28. The Morgan fingerprint density at radius 2 is 1.93 bits per heavy atom. The van der Waals surface area contributed by atoms with E-state index >= 15 is 0 Å². The number of phenolic OH excluding ortho intramolecular Hbond substituents is 1. The minimum absolute atomic E-state index is 0.0983. The van der Waals surface area contributed by atoms with E-state index in [4.69, 9.17) is 4.74 Å². The van der Waals surface area contributed by atoms with Crippen LogP contribution < -0.4 is 10.1 Å². The van der Waals surface area contributed by atoms with E-state index in [1.807, 2.05) is 36.4 Å². The number of hydrogen-bond donors (Lipinski definition) is 2. The molecule has 2 heterocycles. The van der Waals surface area contributed by atoms with Gasteiger partial charge in [-0.25, -0.2) is 4.98 Å². The molecule has 0 aliphatic rings. The molecule has 2 aromatic heterocycles. The number of rotatable bonds is 4. The van der Waals surface area contributed by atoms with Crippen LogP contribution >= 0.6 is 11.3 Å². The molecule has 4 aromatic rings. The predicted octanol–water partition coefficient (Wildman–Crippen LogP) is 4.93. The second kappa shape index (κ2) is 7.09. The van der Waals surface area contributed by atoms with Crippen molar-refractivity contribution in [2.75, 3.05) is 12.4 Å². The van der Waals surface area contributed by atoms with Gasteiger partial charge in [-0.15, -0.1) is 11.3 Å². The lowest BCUT2D eigenvalue weighted by Gasteiger charge is -2.08. The van der Waals surface area contributed by atoms with Gasteiger partial charge in [0, 0.05) is 28.9 Å². The highest BCUT2D eigenvalue weighted by Gasteiger charge is 2.20. The summed E-state index contributed by atoms with van der Waals surface area (Å²) in [5.74, 6) is 0.609. The van der Waals surface area contributed by atoms with Crippen LogP contribution in [0, 0.1) is 0 Å². The third-order valence-corrected chi connectivity index (χ3v) is 5.27. The summed E-state index contributed by atoms with van der Waals surface area (Å²) >= 11 is 1.34. The van der Waals surface area contributed by atoms with Gasteiger partial charge in [-0.2, -0.15) is 0 Å². The molecule has 0 saturated carbocycles. The number of carbonyl (C=O) groups excluding carboxylic acids is 1. The first kappa shape index (κ1) is 17.1. The summed E-state index contributed by atoms with van der Waals surface area (Å²) < 4.78 is 5.23. The van der Waals surface area contributed by atoms with Gasteiger partial charge in [0.15, 0.2) is 0 Å². The number of ether oxygens (including phenoxy) is 1. The van der Waals surface area contributed by atoms with Crippen molar-refractivity contribution in [1.29, 1.82) is 0 Å². The van der Waals surface area contributed by atoms with E-state index in [9.17, 15) is 9.90 Å². The van der Waals surface area contributed by atoms with Gasteiger partial charge in [0.1, 0.15) is 21.2 Å². The Labute approximate surface area is 159 Å². The molecule has 0 bridgehead atoms. The summed E-state index contributed by atoms with van der Waals surface area (Å²) in [5, 5.41) is 13.4. The molecule has 2 N–H and O–H groups in total. The quantitative estimate of drug-likeness (QED) is 0.530. The molecule has 2 aromatic carbocycles. The summed E-state index contributed by atoms with van der Waals surface area (Å²) in [4.78, 5) is 18.7. The molecular weight excluding hydrogens is 360 g/mol. The lowest BCUT2D eigenvalue weighted by Crippen LogP contribution is -2.11. The zero-order valence-corrected chi connectivity index (χ0v) is 15.3. The Morgan fingerprint density at radius 3 is 2.67 bits per heavy atom. The molecule has 0 aliphatic carbocycles. The second-order valence-corrected chi connectivity index (χ2v) is 6.89. The van der Waals surface area contributed by atoms with Crippen LogP contribution in [-0.2, 0) is 0 Å². The molecular formula is C21H16N2O3S. The molecule has 0 aliphatic heterocycles. The van der Waals surface area contributed by atoms with Crippen LogP contribution in [-0.4, -0.2) is 23.1 Å². The number of nitrogens with one attached hydrogen (secondary N) is 1. The van der Waals surface area contributed by atoms with Crippen molar-refractivity contribution in [1.82, 2.24) is 4.98 Å². The number of aromatic hydroxyl groups is 1. The van der Waals surface area contributed by atoms with E-state index in [0.717, 1.165) is 27.1 Å². The first-order valence-corrected chi connectivity index (χ1v) is 9.09. The third-order valence-electron chi connectivity index (χ3n) is 4.16. The summed E-state index contributed by atoms with van der Waals surface area (Å²) in [7, 11) is 1.62. The van der Waals surface area contributed by atoms with E-state index in [-0.39, 0.29) is 11.7 Å². The monoisotopic (exact) mass is 376 g/mol. The van der Waals surface area contributed by atoms with E-state index in [2.05, 4.69) is 10.3 Å². The van der Waals surface area contributed by atoms with Gasteiger partial charge in [-0.05, 0) is 42.0 Å². The second-order valence-electron chi connectivity index (χ2n) is 5.90. The molecule has 27 heavy (non-hydrogen) atoms. The SMILES string of the molecule is COc1ccc(-c2c(C(=O)Nc3cccc(O)c3)sc3ncccc23)cc1. The van der Waals surface area contributed by atoms with Gasteiger partial charge in [0.25, 0.3) is 5.91 Å². The Bertz CT molecular complexity index is 1120. The number of carbonyl (C=O) groups is 1. The minimum atomic E-state index is -0.241. The maximum atomic E-state index is 13.0. The van der Waals surface area contributed by atoms with E-state index in [1.165, 1.54) is 17.4 Å². The van der Waals surface area contributed by atoms with Gasteiger partial charge in [0.2, 0.25) is 0 Å². The molecule has 134 valence electrons. The first-order chi connectivity index (χ1) is 13.2. The number of pyridine rings is 1. The fraction of sp³-hybridized carbons (Fsp3) is 0.0476. The Hall–Kier alpha value is -3.38. The number of aromatic nitrogens is 1. The highest BCUT2D eigenvalue weighted by Crippen LogP contribution is 2.38. The zero-order chi connectivity index (χ0) is 18.8. The van der Waals surface area contributed by atoms with E-state index in [0.29, 0.717) is 10.6 Å². The van der Waals surface area contributed by atoms with Crippen LogP contribution in [0.15, 0.2) is 66.9 Å². The lowest BCUT2D eigenvalue weighted by atomic mass is 10.0. The summed E-state index contributed by atoms with van der Waals surface area (Å²) in [6, 6.07) is 17.9. The Balaban J connectivity index is 1.80. The molecule has 4 rings (SSSR count). The average Bonchev–Trinajstić information content (AvgIpc) is 3.08. The average molecular weight is 376 g/mol. The van der Waals surface area contributed by atoms with Crippen LogP contribution in [0.3, 0.4) is 0 Å². The highest BCUT2D eigenvalue weighted by molar-refractivity contribution is 7.21. The predicted molar refractivity (Wildman–Crippen MR) is 108 cm³/mol. The molecule has 5 nitrogen and oxygen atoms in total. The van der Waals surface area contributed by atoms with Crippen molar-refractivity contribution in [2.24, 2.45) is 0 Å². The van der Waals surface area contributed by atoms with Crippen LogP contribution in [0.5, 0.6) is 11.5 Å². The molecule has 0 spiro atoms. The van der Waals surface area contributed by atoms with Crippen LogP contribution in [0.1, 0.15) is 9.67 Å². The van der Waals surface area contributed by atoms with Crippen molar-refractivity contribution in [3.8, 4) is 22.6 Å². The molecule has 0 unspecified atom stereocenters. The molecule has 6 heteroatoms. The third kappa shape index (κ3) is 3.35. The molecule has 0 fully saturated rings. The fourth-order valence-electron chi connectivity index (χ4n) is 2.91. The number of anilines is 1. The standard InChI is InChI=1S/C21H16N2O3S/c1-26-16-9-7-13(8-10-16)18-17-6-3-11-22-21(17)27-19(18)20(25)23-14-4-2-5-15(24)12-14/h2-12,24H,1H3,(H,23,25). The molecule has 0 saturated heterocycles. The van der Waals surface area contributed by atoms with Crippen molar-refractivity contribution >= 4 is 33.1 Å². The zero-order valence-electron chi connectivity index (χ0n) is 14.5. The minimum Gasteiger partial charge on any atom is -0.508 e. The smallest absolute Gasteiger partial charge is 0.266 e. The maximum Gasteiger partial charge on any atom is 0.266 e. The van der Waals surface area contributed by atoms with Gasteiger partial charge in [0.05, 0.1) is 7.11 Å². The molecule has 0 radical (unpaired) electrons. The molecule has 1 amide bonds. The fourth-order valence-corrected chi connectivity index (χ4v) is 3.97. The summed E-state index contributed by atoms with van der Waals surface area (Å²) in [6.45, 7) is 0. The maximum absolute atomic E-state index is 13.0. The number of amides is 1. The van der Waals surface area contributed by atoms with Crippen molar-refractivity contribution in [2.45, 2.75) is 0 Å². The van der Waals surface area contributed by atoms with Crippen LogP contribution in [0.2, 0.25) is 0 Å². The van der Waals surface area contributed by atoms with Gasteiger partial charge >= 0.3 is 0 Å². The number of hydrogen-bond acceptors (Lipinski definition) is 5. The van der Waals surface area contributed by atoms with Crippen molar-refractivity contribution in [3.63, 3.8) is 0 Å². The number of fused-ring (bicyclic) bond motifs is 1. The van der Waals surface area contributed by atoms with E-state index < -0.39 is 0 Å². The van der Waals surface area contributed by atoms with Crippen LogP contribution in [0.4, 0.5) is 5.69 Å². The van der Waals surface area contributed by atoms with Gasteiger partial charge in [-0.3, -0.25) is 4.79 Å². The highest BCUT2D eigenvalue weighted by atomic mass is 32.1. The Morgan fingerprint density at radius 1 is 1.11 bits per heavy atom. The van der Waals surface area contributed by atoms with Crippen LogP contribution in [0.25, 0.3) is 21.3 Å². The number of nitrogens with zero attached hydrogens (tertiary/aromatic N) is 1. The summed E-state index contributed by atoms with van der Waals surface area (Å²) in [6.07, 6.45) is 1.72. The number of phenols is 1. The van der Waals surface area contributed by atoms with Crippen molar-refractivity contribution in [3.05, 3.63) is 71.7 Å². The molecule has 0 atom stereocenters. The topological polar surface area (TPSA) is 71.5 Å². The van der Waals surface area contributed by atoms with Gasteiger partial charge < -0.3 is 15.2 Å².